The molecule has 0 amide bonds. The van der Waals surface area contributed by atoms with Gasteiger partial charge in [0.05, 0.1) is 16.4 Å². The Morgan fingerprint density at radius 2 is 0.681 bits per heavy atom. The minimum absolute atomic E-state index is 0.411. The van der Waals surface area contributed by atoms with Crippen molar-refractivity contribution in [3.05, 3.63) is 289 Å². The number of imidazole rings is 1. The molecule has 334 valence electrons. The van der Waals surface area contributed by atoms with Crippen molar-refractivity contribution in [3.63, 3.8) is 0 Å². The summed E-state index contributed by atoms with van der Waals surface area (Å²) in [5, 5.41) is 4.89. The molecule has 15 rings (SSSR count). The topological polar surface area (TPSA) is 17.8 Å². The summed E-state index contributed by atoms with van der Waals surface area (Å²) < 4.78 is 2.28. The van der Waals surface area contributed by atoms with E-state index in [-0.39, 0.29) is 0 Å². The summed E-state index contributed by atoms with van der Waals surface area (Å²) in [5.41, 5.74) is 24.0. The van der Waals surface area contributed by atoms with Crippen molar-refractivity contribution >= 4 is 32.6 Å². The highest BCUT2D eigenvalue weighted by molar-refractivity contribution is 6.22. The van der Waals surface area contributed by atoms with Crippen LogP contribution in [0.1, 0.15) is 22.3 Å². The fraction of sp³-hybridized carbons (Fsp3) is 0.0143. The molecule has 0 saturated heterocycles. The first-order valence-electron chi connectivity index (χ1n) is 24.9. The Bertz CT molecular complexity index is 4240. The van der Waals surface area contributed by atoms with Crippen molar-refractivity contribution in [2.45, 2.75) is 5.41 Å². The minimum Gasteiger partial charge on any atom is -0.292 e. The normalized spacial score (nSPS) is 12.8. The standard InChI is InChI=1S/C70H44N2/c1-5-19-45(20-6-1)67-58-39-35-49(51-36-40-66-65(44-51)71-69(47-23-9-3-10-24-47)72(66)52-25-11-4-12-26-52)42-60(58)68(46-21-7-2-8-22-46)57-38-34-48(41-59(57)67)50-33-37-56-55-29-15-18-32-63(55)70(64(56)43-50)61-30-16-13-27-53(61)54-28-14-17-31-62(54)70/h1-44H. The molecule has 1 heterocycles. The van der Waals surface area contributed by atoms with Crippen LogP contribution in [-0.2, 0) is 5.41 Å². The van der Waals surface area contributed by atoms with E-state index in [1.165, 1.54) is 99.4 Å². The van der Waals surface area contributed by atoms with E-state index in [1.54, 1.807) is 0 Å². The first-order valence-corrected chi connectivity index (χ1v) is 24.9. The molecule has 0 bridgehead atoms. The largest absolute Gasteiger partial charge is 0.292 e. The molecule has 0 radical (unpaired) electrons. The molecule has 2 nitrogen and oxygen atoms in total. The quantitative estimate of drug-likeness (QED) is 0.152. The lowest BCUT2D eigenvalue weighted by molar-refractivity contribution is 0.794. The summed E-state index contributed by atoms with van der Waals surface area (Å²) in [6, 6.07) is 98.5. The van der Waals surface area contributed by atoms with E-state index in [1.807, 2.05) is 0 Å². The Balaban J connectivity index is 0.946. The van der Waals surface area contributed by atoms with E-state index in [9.17, 15) is 0 Å². The first-order chi connectivity index (χ1) is 35.7. The van der Waals surface area contributed by atoms with E-state index in [0.717, 1.165) is 39.2 Å². The molecule has 2 aliphatic carbocycles. The van der Waals surface area contributed by atoms with Crippen LogP contribution in [0.4, 0.5) is 0 Å². The molecule has 13 aromatic rings. The number of rotatable bonds is 6. The molecule has 0 aliphatic heterocycles. The summed E-state index contributed by atoms with van der Waals surface area (Å²) in [7, 11) is 0. The van der Waals surface area contributed by atoms with E-state index in [0.29, 0.717) is 0 Å². The third-order valence-corrected chi connectivity index (χ3v) is 15.6. The molecule has 0 atom stereocenters. The van der Waals surface area contributed by atoms with Gasteiger partial charge >= 0.3 is 0 Å². The molecule has 0 N–H and O–H groups in total. The van der Waals surface area contributed by atoms with Gasteiger partial charge in [-0.05, 0) is 153 Å². The molecular weight excluding hydrogens is 869 g/mol. The van der Waals surface area contributed by atoms with Crippen molar-refractivity contribution in [1.29, 1.82) is 0 Å². The van der Waals surface area contributed by atoms with Gasteiger partial charge in [0.25, 0.3) is 0 Å². The monoisotopic (exact) mass is 912 g/mol. The summed E-state index contributed by atoms with van der Waals surface area (Å²) in [4.78, 5) is 5.33. The number of fused-ring (bicyclic) bond motifs is 13. The zero-order valence-electron chi connectivity index (χ0n) is 39.3. The first kappa shape index (κ1) is 40.5. The SMILES string of the molecule is c1ccc(-c2c3ccc(-c4ccc5c(c4)nc(-c4ccccc4)n5-c4ccccc4)cc3c(-c3ccccc3)c3ccc(-c4ccc5c(c4)C4(c6ccccc6-c6ccccc64)c4ccccc4-5)cc23)cc1. The average Bonchev–Trinajstić information content (AvgIpc) is 4.10. The summed E-state index contributed by atoms with van der Waals surface area (Å²) in [5.74, 6) is 0.927. The van der Waals surface area contributed by atoms with Gasteiger partial charge in [0, 0.05) is 11.3 Å². The van der Waals surface area contributed by atoms with Gasteiger partial charge in [-0.2, -0.15) is 0 Å². The maximum atomic E-state index is 5.33. The minimum atomic E-state index is -0.411. The van der Waals surface area contributed by atoms with Crippen LogP contribution in [0.2, 0.25) is 0 Å². The van der Waals surface area contributed by atoms with Crippen LogP contribution < -0.4 is 0 Å². The molecule has 2 aliphatic rings. The van der Waals surface area contributed by atoms with Crippen molar-refractivity contribution in [2.75, 3.05) is 0 Å². The van der Waals surface area contributed by atoms with E-state index in [4.69, 9.17) is 4.98 Å². The highest BCUT2D eigenvalue weighted by atomic mass is 15.1. The second-order valence-electron chi connectivity index (χ2n) is 19.3. The molecule has 0 saturated carbocycles. The van der Waals surface area contributed by atoms with Crippen LogP contribution in [0.5, 0.6) is 0 Å². The predicted octanol–water partition coefficient (Wildman–Crippen LogP) is 18.0. The van der Waals surface area contributed by atoms with Crippen LogP contribution in [0, 0.1) is 0 Å². The number of hydrogen-bond donors (Lipinski definition) is 0. The van der Waals surface area contributed by atoms with Gasteiger partial charge in [-0.3, -0.25) is 4.57 Å². The molecule has 0 unspecified atom stereocenters. The van der Waals surface area contributed by atoms with Gasteiger partial charge in [-0.1, -0.05) is 224 Å². The number of nitrogens with zero attached hydrogens (tertiary/aromatic N) is 2. The van der Waals surface area contributed by atoms with Crippen molar-refractivity contribution in [3.8, 4) is 83.8 Å². The highest BCUT2D eigenvalue weighted by Gasteiger charge is 2.51. The van der Waals surface area contributed by atoms with Crippen molar-refractivity contribution in [1.82, 2.24) is 9.55 Å². The van der Waals surface area contributed by atoms with Gasteiger partial charge in [-0.15, -0.1) is 0 Å². The van der Waals surface area contributed by atoms with Crippen LogP contribution in [-0.4, -0.2) is 9.55 Å². The van der Waals surface area contributed by atoms with Crippen LogP contribution in [0.25, 0.3) is 116 Å². The van der Waals surface area contributed by atoms with Crippen molar-refractivity contribution < 1.29 is 0 Å². The Hall–Kier alpha value is -9.37. The zero-order chi connectivity index (χ0) is 47.3. The van der Waals surface area contributed by atoms with Gasteiger partial charge in [0.2, 0.25) is 0 Å². The highest BCUT2D eigenvalue weighted by Crippen LogP contribution is 2.63. The molecular formula is C70H44N2. The van der Waals surface area contributed by atoms with Gasteiger partial charge in [0.1, 0.15) is 5.82 Å². The van der Waals surface area contributed by atoms with Gasteiger partial charge < -0.3 is 0 Å². The number of aromatic nitrogens is 2. The molecule has 1 aromatic heterocycles. The third kappa shape index (κ3) is 5.87. The van der Waals surface area contributed by atoms with Gasteiger partial charge in [0.15, 0.2) is 0 Å². The number of benzene rings is 12. The average molecular weight is 913 g/mol. The molecule has 1 spiro atoms. The summed E-state index contributed by atoms with van der Waals surface area (Å²) >= 11 is 0. The predicted molar refractivity (Wildman–Crippen MR) is 300 cm³/mol. The maximum Gasteiger partial charge on any atom is 0.145 e. The lowest BCUT2D eigenvalue weighted by Gasteiger charge is -2.30. The van der Waals surface area contributed by atoms with Crippen LogP contribution in [0.15, 0.2) is 267 Å². The van der Waals surface area contributed by atoms with E-state index in [2.05, 4.69) is 271 Å². The molecule has 2 heteroatoms. The fourth-order valence-electron chi connectivity index (χ4n) is 12.6. The number of para-hydroxylation sites is 1. The Labute approximate surface area is 418 Å². The second-order valence-corrected chi connectivity index (χ2v) is 19.3. The van der Waals surface area contributed by atoms with E-state index >= 15 is 0 Å². The smallest absolute Gasteiger partial charge is 0.145 e. The van der Waals surface area contributed by atoms with Crippen LogP contribution in [0.3, 0.4) is 0 Å². The number of hydrogen-bond acceptors (Lipinski definition) is 1. The van der Waals surface area contributed by atoms with E-state index < -0.39 is 5.41 Å². The Kier molecular flexibility index (Phi) is 8.91. The summed E-state index contributed by atoms with van der Waals surface area (Å²) in [6.45, 7) is 0. The molecule has 72 heavy (non-hydrogen) atoms. The van der Waals surface area contributed by atoms with Crippen LogP contribution >= 0.6 is 0 Å². The lowest BCUT2D eigenvalue weighted by Crippen LogP contribution is -2.25. The third-order valence-electron chi connectivity index (χ3n) is 15.6. The summed E-state index contributed by atoms with van der Waals surface area (Å²) in [6.07, 6.45) is 0. The second kappa shape index (κ2) is 15.8. The van der Waals surface area contributed by atoms with Gasteiger partial charge in [-0.25, -0.2) is 4.98 Å². The Morgan fingerprint density at radius 3 is 1.21 bits per heavy atom. The Morgan fingerprint density at radius 1 is 0.278 bits per heavy atom. The van der Waals surface area contributed by atoms with Crippen molar-refractivity contribution in [2.24, 2.45) is 0 Å². The lowest BCUT2D eigenvalue weighted by atomic mass is 9.70. The zero-order valence-corrected chi connectivity index (χ0v) is 39.3. The molecule has 0 fully saturated rings. The maximum absolute atomic E-state index is 5.33. The fourth-order valence-corrected chi connectivity index (χ4v) is 12.6. The molecule has 12 aromatic carbocycles.